The first-order valence-corrected chi connectivity index (χ1v) is 7.53. The Labute approximate surface area is 137 Å². The van der Waals surface area contributed by atoms with Crippen molar-refractivity contribution in [3.8, 4) is 17.2 Å². The number of rotatable bonds is 6. The molecule has 23 heavy (non-hydrogen) atoms. The van der Waals surface area contributed by atoms with E-state index in [0.717, 1.165) is 11.3 Å². The van der Waals surface area contributed by atoms with Crippen molar-refractivity contribution < 1.29 is 14.2 Å². The van der Waals surface area contributed by atoms with Crippen LogP contribution in [-0.4, -0.2) is 27.5 Å². The Morgan fingerprint density at radius 3 is 1.91 bits per heavy atom. The molecule has 2 aromatic carbocycles. The maximum atomic E-state index is 5.40. The molecule has 2 rings (SSSR count). The van der Waals surface area contributed by atoms with Crippen molar-refractivity contribution in [2.45, 2.75) is 19.8 Å². The van der Waals surface area contributed by atoms with Gasteiger partial charge < -0.3 is 14.2 Å². The van der Waals surface area contributed by atoms with Crippen LogP contribution in [-0.2, 0) is 0 Å². The van der Waals surface area contributed by atoms with Gasteiger partial charge in [0, 0.05) is 17.8 Å². The summed E-state index contributed by atoms with van der Waals surface area (Å²) in [4.78, 5) is 4.52. The summed E-state index contributed by atoms with van der Waals surface area (Å²) < 4.78 is 16.0. The van der Waals surface area contributed by atoms with Crippen LogP contribution in [0.25, 0.3) is 0 Å². The van der Waals surface area contributed by atoms with Crippen molar-refractivity contribution in [1.82, 2.24) is 0 Å². The molecule has 0 amide bonds. The molecule has 2 aromatic rings. The van der Waals surface area contributed by atoms with Crippen LogP contribution in [0.4, 0.5) is 5.69 Å². The first kappa shape index (κ1) is 16.9. The predicted octanol–water partition coefficient (Wildman–Crippen LogP) is 4.59. The van der Waals surface area contributed by atoms with Crippen molar-refractivity contribution in [2.24, 2.45) is 4.99 Å². The van der Waals surface area contributed by atoms with Crippen LogP contribution < -0.4 is 14.2 Å². The molecule has 0 aliphatic rings. The van der Waals surface area contributed by atoms with Gasteiger partial charge in [0.1, 0.15) is 5.75 Å². The fraction of sp³-hybridized carbons (Fsp3) is 0.316. The number of methoxy groups -OCH3 is 3. The van der Waals surface area contributed by atoms with Gasteiger partial charge in [0.15, 0.2) is 11.5 Å². The highest BCUT2D eigenvalue weighted by molar-refractivity contribution is 5.87. The average molecular weight is 313 g/mol. The molecule has 0 spiro atoms. The molecule has 0 N–H and O–H groups in total. The first-order valence-electron chi connectivity index (χ1n) is 7.53. The number of hydrogen-bond acceptors (Lipinski definition) is 4. The molecule has 0 radical (unpaired) electrons. The van der Waals surface area contributed by atoms with Crippen LogP contribution in [0.15, 0.2) is 41.4 Å². The Hall–Kier alpha value is -2.49. The van der Waals surface area contributed by atoms with Gasteiger partial charge in [-0.2, -0.15) is 0 Å². The second-order valence-corrected chi connectivity index (χ2v) is 5.45. The lowest BCUT2D eigenvalue weighted by atomic mass is 10.0. The molecule has 0 fully saturated rings. The second-order valence-electron chi connectivity index (χ2n) is 5.45. The fourth-order valence-electron chi connectivity index (χ4n) is 2.24. The zero-order valence-electron chi connectivity index (χ0n) is 14.3. The summed E-state index contributed by atoms with van der Waals surface area (Å²) in [5, 5.41) is 0. The van der Waals surface area contributed by atoms with E-state index in [1.807, 2.05) is 18.2 Å². The minimum absolute atomic E-state index is 0.513. The Morgan fingerprint density at radius 1 is 0.826 bits per heavy atom. The van der Waals surface area contributed by atoms with Crippen molar-refractivity contribution in [1.29, 1.82) is 0 Å². The summed E-state index contributed by atoms with van der Waals surface area (Å²) in [5.74, 6) is 2.47. The zero-order valence-corrected chi connectivity index (χ0v) is 14.3. The molecule has 4 nitrogen and oxygen atoms in total. The van der Waals surface area contributed by atoms with Gasteiger partial charge in [0.25, 0.3) is 0 Å². The molecule has 0 atom stereocenters. The van der Waals surface area contributed by atoms with Gasteiger partial charge in [0.05, 0.1) is 27.0 Å². The maximum Gasteiger partial charge on any atom is 0.164 e. The van der Waals surface area contributed by atoms with Gasteiger partial charge in [-0.05, 0) is 29.7 Å². The maximum absolute atomic E-state index is 5.40. The average Bonchev–Trinajstić information content (AvgIpc) is 2.59. The summed E-state index contributed by atoms with van der Waals surface area (Å²) in [5.41, 5.74) is 3.02. The van der Waals surface area contributed by atoms with Crippen molar-refractivity contribution in [2.75, 3.05) is 21.3 Å². The SMILES string of the molecule is COc1cc(OC)c(OC)cc1C=Nc1ccc(C(C)C)cc1. The van der Waals surface area contributed by atoms with Crippen LogP contribution in [0.3, 0.4) is 0 Å². The van der Waals surface area contributed by atoms with E-state index in [2.05, 4.69) is 31.0 Å². The molecule has 122 valence electrons. The van der Waals surface area contributed by atoms with E-state index in [4.69, 9.17) is 14.2 Å². The van der Waals surface area contributed by atoms with Gasteiger partial charge in [0.2, 0.25) is 0 Å². The number of aliphatic imine (C=N–C) groups is 1. The molecular formula is C19H23NO3. The summed E-state index contributed by atoms with van der Waals surface area (Å²) in [7, 11) is 4.83. The highest BCUT2D eigenvalue weighted by atomic mass is 16.5. The van der Waals surface area contributed by atoms with E-state index < -0.39 is 0 Å². The molecule has 0 saturated heterocycles. The van der Waals surface area contributed by atoms with E-state index >= 15 is 0 Å². The van der Waals surface area contributed by atoms with E-state index in [1.54, 1.807) is 33.6 Å². The standard InChI is InChI=1S/C19H23NO3/c1-13(2)14-6-8-16(9-7-14)20-12-15-10-18(22-4)19(23-5)11-17(15)21-3/h6-13H,1-5H3. The van der Waals surface area contributed by atoms with Crippen molar-refractivity contribution in [3.63, 3.8) is 0 Å². The third-order valence-corrected chi connectivity index (χ3v) is 3.65. The van der Waals surface area contributed by atoms with E-state index in [1.165, 1.54) is 5.56 Å². The summed E-state index contributed by atoms with van der Waals surface area (Å²) in [6.45, 7) is 4.35. The number of nitrogens with zero attached hydrogens (tertiary/aromatic N) is 1. The van der Waals surface area contributed by atoms with E-state index in [0.29, 0.717) is 23.2 Å². The molecule has 0 saturated carbocycles. The monoisotopic (exact) mass is 313 g/mol. The molecule has 4 heteroatoms. The Kier molecular flexibility index (Phi) is 5.63. The van der Waals surface area contributed by atoms with Gasteiger partial charge in [-0.3, -0.25) is 4.99 Å². The number of hydrogen-bond donors (Lipinski definition) is 0. The predicted molar refractivity (Wildman–Crippen MR) is 93.9 cm³/mol. The highest BCUT2D eigenvalue weighted by Gasteiger charge is 2.10. The molecule has 0 aliphatic heterocycles. The number of ether oxygens (including phenoxy) is 3. The molecule has 0 unspecified atom stereocenters. The van der Waals surface area contributed by atoms with E-state index in [9.17, 15) is 0 Å². The van der Waals surface area contributed by atoms with Gasteiger partial charge in [-0.1, -0.05) is 26.0 Å². The van der Waals surface area contributed by atoms with Crippen LogP contribution in [0.1, 0.15) is 30.9 Å². The summed E-state index contributed by atoms with van der Waals surface area (Å²) in [6, 6.07) is 11.9. The van der Waals surface area contributed by atoms with Gasteiger partial charge in [-0.25, -0.2) is 0 Å². The minimum Gasteiger partial charge on any atom is -0.496 e. The lowest BCUT2D eigenvalue weighted by molar-refractivity contribution is 0.349. The van der Waals surface area contributed by atoms with Crippen LogP contribution in [0, 0.1) is 0 Å². The Morgan fingerprint density at radius 2 is 1.39 bits per heavy atom. The van der Waals surface area contributed by atoms with E-state index in [-0.39, 0.29) is 0 Å². The quantitative estimate of drug-likeness (QED) is 0.732. The van der Waals surface area contributed by atoms with Crippen LogP contribution in [0.5, 0.6) is 17.2 Å². The highest BCUT2D eigenvalue weighted by Crippen LogP contribution is 2.34. The van der Waals surface area contributed by atoms with Crippen molar-refractivity contribution >= 4 is 11.9 Å². The smallest absolute Gasteiger partial charge is 0.164 e. The third-order valence-electron chi connectivity index (χ3n) is 3.65. The second kappa shape index (κ2) is 7.68. The fourth-order valence-corrected chi connectivity index (χ4v) is 2.24. The molecule has 0 aliphatic carbocycles. The molecule has 0 bridgehead atoms. The van der Waals surface area contributed by atoms with Crippen molar-refractivity contribution in [3.05, 3.63) is 47.5 Å². The first-order chi connectivity index (χ1) is 11.1. The third kappa shape index (κ3) is 4.03. The Bertz CT molecular complexity index is 676. The van der Waals surface area contributed by atoms with Gasteiger partial charge in [-0.15, -0.1) is 0 Å². The molecular weight excluding hydrogens is 290 g/mol. The lowest BCUT2D eigenvalue weighted by Gasteiger charge is -2.11. The Balaban J connectivity index is 2.30. The summed E-state index contributed by atoms with van der Waals surface area (Å²) in [6.07, 6.45) is 1.77. The largest absolute Gasteiger partial charge is 0.496 e. The van der Waals surface area contributed by atoms with Crippen LogP contribution >= 0.6 is 0 Å². The minimum atomic E-state index is 0.513. The van der Waals surface area contributed by atoms with Crippen LogP contribution in [0.2, 0.25) is 0 Å². The van der Waals surface area contributed by atoms with Gasteiger partial charge >= 0.3 is 0 Å². The summed E-state index contributed by atoms with van der Waals surface area (Å²) >= 11 is 0. The molecule has 0 heterocycles. The molecule has 0 aromatic heterocycles. The number of benzene rings is 2. The lowest BCUT2D eigenvalue weighted by Crippen LogP contribution is -1.96. The topological polar surface area (TPSA) is 40.0 Å². The normalized spacial score (nSPS) is 11.0. The zero-order chi connectivity index (χ0) is 16.8.